The van der Waals surface area contributed by atoms with Crippen LogP contribution in [0.2, 0.25) is 0 Å². The molecule has 0 bridgehead atoms. The highest BCUT2D eigenvalue weighted by molar-refractivity contribution is 5.87. The lowest BCUT2D eigenvalue weighted by Gasteiger charge is -2.14. The van der Waals surface area contributed by atoms with Crippen LogP contribution in [0.4, 0.5) is 5.82 Å². The highest BCUT2D eigenvalue weighted by atomic mass is 16.4. The van der Waals surface area contributed by atoms with Gasteiger partial charge in [0, 0.05) is 19.3 Å². The van der Waals surface area contributed by atoms with Crippen LogP contribution in [0.5, 0.6) is 0 Å². The SMILES string of the molecule is O=C(O)c1ccc(NCC2(CCO)CC2)nc1. The second kappa shape index (κ2) is 4.71. The number of hydrogen-bond acceptors (Lipinski definition) is 4. The van der Waals surface area contributed by atoms with Gasteiger partial charge in [-0.3, -0.25) is 0 Å². The van der Waals surface area contributed by atoms with Crippen LogP contribution in [0.1, 0.15) is 29.6 Å². The number of carboxylic acids is 1. The van der Waals surface area contributed by atoms with E-state index < -0.39 is 5.97 Å². The maximum Gasteiger partial charge on any atom is 0.337 e. The molecule has 0 amide bonds. The van der Waals surface area contributed by atoms with E-state index in [1.165, 1.54) is 12.3 Å². The molecule has 92 valence electrons. The fourth-order valence-corrected chi connectivity index (χ4v) is 1.83. The Morgan fingerprint density at radius 2 is 2.24 bits per heavy atom. The average molecular weight is 236 g/mol. The number of aliphatic hydroxyl groups excluding tert-OH is 1. The van der Waals surface area contributed by atoms with Crippen molar-refractivity contribution in [2.45, 2.75) is 19.3 Å². The van der Waals surface area contributed by atoms with E-state index in [1.54, 1.807) is 6.07 Å². The molecule has 0 aromatic carbocycles. The van der Waals surface area contributed by atoms with Crippen molar-refractivity contribution >= 4 is 11.8 Å². The average Bonchev–Trinajstić information content (AvgIpc) is 3.08. The van der Waals surface area contributed by atoms with Crippen LogP contribution < -0.4 is 5.32 Å². The molecule has 1 aliphatic rings. The summed E-state index contributed by atoms with van der Waals surface area (Å²) in [5.74, 6) is -0.290. The predicted molar refractivity (Wildman–Crippen MR) is 63.1 cm³/mol. The Morgan fingerprint density at radius 3 is 2.71 bits per heavy atom. The van der Waals surface area contributed by atoms with Crippen LogP contribution in [0.25, 0.3) is 0 Å². The molecule has 5 nitrogen and oxygen atoms in total. The first kappa shape index (κ1) is 11.9. The van der Waals surface area contributed by atoms with Gasteiger partial charge in [-0.1, -0.05) is 0 Å². The fourth-order valence-electron chi connectivity index (χ4n) is 1.83. The van der Waals surface area contributed by atoms with E-state index in [2.05, 4.69) is 10.3 Å². The molecule has 17 heavy (non-hydrogen) atoms. The number of hydrogen-bond donors (Lipinski definition) is 3. The lowest BCUT2D eigenvalue weighted by Crippen LogP contribution is -2.17. The van der Waals surface area contributed by atoms with E-state index in [0.717, 1.165) is 25.8 Å². The van der Waals surface area contributed by atoms with Crippen LogP contribution in [-0.2, 0) is 0 Å². The Labute approximate surface area is 99.5 Å². The number of nitrogens with one attached hydrogen (secondary N) is 1. The molecule has 0 atom stereocenters. The summed E-state index contributed by atoms with van der Waals surface area (Å²) in [6.07, 6.45) is 4.42. The van der Waals surface area contributed by atoms with Gasteiger partial charge in [-0.2, -0.15) is 0 Å². The molecule has 1 aromatic heterocycles. The monoisotopic (exact) mass is 236 g/mol. The van der Waals surface area contributed by atoms with Crippen molar-refractivity contribution in [3.05, 3.63) is 23.9 Å². The maximum absolute atomic E-state index is 10.6. The van der Waals surface area contributed by atoms with Gasteiger partial charge in [0.25, 0.3) is 0 Å². The highest BCUT2D eigenvalue weighted by Crippen LogP contribution is 2.48. The molecule has 0 aliphatic heterocycles. The standard InChI is InChI=1S/C12H16N2O3/c15-6-5-12(3-4-12)8-14-10-2-1-9(7-13-10)11(16)17/h1-2,7,15H,3-6,8H2,(H,13,14)(H,16,17). The second-order valence-electron chi connectivity index (χ2n) is 4.56. The van der Waals surface area contributed by atoms with Crippen molar-refractivity contribution in [2.24, 2.45) is 5.41 Å². The summed E-state index contributed by atoms with van der Waals surface area (Å²) in [6, 6.07) is 3.20. The Bertz CT molecular complexity index is 399. The first-order valence-corrected chi connectivity index (χ1v) is 5.69. The van der Waals surface area contributed by atoms with Crippen molar-refractivity contribution in [3.8, 4) is 0 Å². The lowest BCUT2D eigenvalue weighted by atomic mass is 10.0. The number of nitrogens with zero attached hydrogens (tertiary/aromatic N) is 1. The Kier molecular flexibility index (Phi) is 3.28. The van der Waals surface area contributed by atoms with Crippen LogP contribution in [0, 0.1) is 5.41 Å². The third-order valence-electron chi connectivity index (χ3n) is 3.25. The number of aromatic carboxylic acids is 1. The number of anilines is 1. The van der Waals surface area contributed by atoms with Gasteiger partial charge in [-0.05, 0) is 36.8 Å². The summed E-state index contributed by atoms with van der Waals surface area (Å²) < 4.78 is 0. The van der Waals surface area contributed by atoms with E-state index in [4.69, 9.17) is 10.2 Å². The molecule has 1 aromatic rings. The second-order valence-corrected chi connectivity index (χ2v) is 4.56. The van der Waals surface area contributed by atoms with Crippen molar-refractivity contribution in [2.75, 3.05) is 18.5 Å². The normalized spacial score (nSPS) is 16.5. The molecule has 0 radical (unpaired) electrons. The topological polar surface area (TPSA) is 82.5 Å². The largest absolute Gasteiger partial charge is 0.478 e. The minimum absolute atomic E-state index is 0.187. The minimum atomic E-state index is -0.969. The molecule has 5 heteroatoms. The van der Waals surface area contributed by atoms with Gasteiger partial charge in [-0.25, -0.2) is 9.78 Å². The van der Waals surface area contributed by atoms with Crippen LogP contribution in [-0.4, -0.2) is 34.3 Å². The summed E-state index contributed by atoms with van der Waals surface area (Å²) in [6.45, 7) is 1.00. The zero-order chi connectivity index (χ0) is 12.3. The van der Waals surface area contributed by atoms with E-state index in [0.29, 0.717) is 5.82 Å². The third-order valence-corrected chi connectivity index (χ3v) is 3.25. The zero-order valence-corrected chi connectivity index (χ0v) is 9.52. The zero-order valence-electron chi connectivity index (χ0n) is 9.52. The van der Waals surface area contributed by atoms with Gasteiger partial charge in [-0.15, -0.1) is 0 Å². The Morgan fingerprint density at radius 1 is 1.47 bits per heavy atom. The molecule has 1 heterocycles. The summed E-state index contributed by atoms with van der Waals surface area (Å²) in [7, 11) is 0. The van der Waals surface area contributed by atoms with Crippen molar-refractivity contribution < 1.29 is 15.0 Å². The molecule has 0 saturated heterocycles. The van der Waals surface area contributed by atoms with Gasteiger partial charge < -0.3 is 15.5 Å². The maximum atomic E-state index is 10.6. The van der Waals surface area contributed by atoms with Gasteiger partial charge in [0.05, 0.1) is 5.56 Å². The fraction of sp³-hybridized carbons (Fsp3) is 0.500. The highest BCUT2D eigenvalue weighted by Gasteiger charge is 2.41. The first-order valence-electron chi connectivity index (χ1n) is 5.69. The summed E-state index contributed by atoms with van der Waals surface area (Å²) in [5.41, 5.74) is 0.411. The molecule has 1 fully saturated rings. The van der Waals surface area contributed by atoms with E-state index in [-0.39, 0.29) is 17.6 Å². The van der Waals surface area contributed by atoms with Crippen LogP contribution in [0.15, 0.2) is 18.3 Å². The molecule has 3 N–H and O–H groups in total. The van der Waals surface area contributed by atoms with Gasteiger partial charge in [0.15, 0.2) is 0 Å². The number of aliphatic hydroxyl groups is 1. The molecular weight excluding hydrogens is 220 g/mol. The molecule has 0 unspecified atom stereocenters. The number of rotatable bonds is 6. The number of aromatic nitrogens is 1. The quantitative estimate of drug-likeness (QED) is 0.694. The summed E-state index contributed by atoms with van der Waals surface area (Å²) >= 11 is 0. The molecule has 2 rings (SSSR count). The lowest BCUT2D eigenvalue weighted by molar-refractivity contribution is 0.0696. The number of carboxylic acid groups (broad SMARTS) is 1. The van der Waals surface area contributed by atoms with Gasteiger partial charge in [0.2, 0.25) is 0 Å². The van der Waals surface area contributed by atoms with E-state index >= 15 is 0 Å². The predicted octanol–water partition coefficient (Wildman–Crippen LogP) is 1.35. The molecular formula is C12H16N2O3. The van der Waals surface area contributed by atoms with E-state index in [9.17, 15) is 4.79 Å². The molecule has 1 aliphatic carbocycles. The minimum Gasteiger partial charge on any atom is -0.478 e. The van der Waals surface area contributed by atoms with Gasteiger partial charge >= 0.3 is 5.97 Å². The van der Waals surface area contributed by atoms with Crippen LogP contribution >= 0.6 is 0 Å². The summed E-state index contributed by atoms with van der Waals surface area (Å²) in [4.78, 5) is 14.7. The van der Waals surface area contributed by atoms with Gasteiger partial charge in [0.1, 0.15) is 5.82 Å². The molecule has 1 saturated carbocycles. The number of pyridine rings is 1. The van der Waals surface area contributed by atoms with Crippen LogP contribution in [0.3, 0.4) is 0 Å². The van der Waals surface area contributed by atoms with Crippen molar-refractivity contribution in [1.82, 2.24) is 4.98 Å². The smallest absolute Gasteiger partial charge is 0.337 e. The third kappa shape index (κ3) is 2.94. The Hall–Kier alpha value is -1.62. The summed E-state index contributed by atoms with van der Waals surface area (Å²) in [5, 5.41) is 20.8. The number of carbonyl (C=O) groups is 1. The Balaban J connectivity index is 1.89. The first-order chi connectivity index (χ1) is 8.15. The van der Waals surface area contributed by atoms with Crippen molar-refractivity contribution in [1.29, 1.82) is 0 Å². The molecule has 0 spiro atoms. The van der Waals surface area contributed by atoms with Crippen molar-refractivity contribution in [3.63, 3.8) is 0 Å². The van der Waals surface area contributed by atoms with E-state index in [1.807, 2.05) is 0 Å².